The Morgan fingerprint density at radius 3 is 2.33 bits per heavy atom. The van der Waals surface area contributed by atoms with Gasteiger partial charge < -0.3 is 15.7 Å². The standard InChI is InChI=1S/C5H3N3.C3H6O3.H2O/c6-3-5-4-7-1-2-8-5;1-2(4)3(5)6;/h1-2,4H;2,4H,1H3,(H,5,6);1H2/t;2-;/m.0./s1. The van der Waals surface area contributed by atoms with E-state index in [1.165, 1.54) is 25.5 Å². The van der Waals surface area contributed by atoms with E-state index in [1.54, 1.807) is 0 Å². The SMILES string of the molecule is C[C@H](O)C(=O)O.N#Cc1cnccn1.O. The van der Waals surface area contributed by atoms with Crippen molar-refractivity contribution in [2.24, 2.45) is 0 Å². The number of nitriles is 1. The molecule has 1 heterocycles. The first-order valence-corrected chi connectivity index (χ1v) is 3.65. The van der Waals surface area contributed by atoms with Gasteiger partial charge in [0.2, 0.25) is 0 Å². The second-order valence-electron chi connectivity index (χ2n) is 2.22. The molecule has 15 heavy (non-hydrogen) atoms. The highest BCUT2D eigenvalue weighted by Crippen LogP contribution is 1.82. The van der Waals surface area contributed by atoms with Crippen molar-refractivity contribution >= 4 is 5.97 Å². The minimum absolute atomic E-state index is 0. The summed E-state index contributed by atoms with van der Waals surface area (Å²) in [6.45, 7) is 1.20. The van der Waals surface area contributed by atoms with Crippen molar-refractivity contribution < 1.29 is 20.5 Å². The molecule has 1 aromatic rings. The molecule has 0 bridgehead atoms. The Balaban J connectivity index is 0. The smallest absolute Gasteiger partial charge is 0.332 e. The topological polar surface area (TPSA) is 139 Å². The summed E-state index contributed by atoms with van der Waals surface area (Å²) in [6, 6.07) is 1.85. The van der Waals surface area contributed by atoms with Crippen LogP contribution in [0.25, 0.3) is 0 Å². The molecule has 0 spiro atoms. The van der Waals surface area contributed by atoms with Gasteiger partial charge in [0.25, 0.3) is 0 Å². The minimum atomic E-state index is -1.23. The Morgan fingerprint density at radius 2 is 2.13 bits per heavy atom. The quantitative estimate of drug-likeness (QED) is 0.611. The number of carboxylic acids is 1. The number of aromatic nitrogens is 2. The van der Waals surface area contributed by atoms with E-state index in [1.807, 2.05) is 6.07 Å². The van der Waals surface area contributed by atoms with E-state index in [4.69, 9.17) is 15.5 Å². The van der Waals surface area contributed by atoms with Crippen LogP contribution in [0.3, 0.4) is 0 Å². The number of nitrogens with zero attached hydrogens (tertiary/aromatic N) is 3. The average molecular weight is 213 g/mol. The third-order valence-corrected chi connectivity index (χ3v) is 1.04. The highest BCUT2D eigenvalue weighted by atomic mass is 16.4. The monoisotopic (exact) mass is 213 g/mol. The van der Waals surface area contributed by atoms with Crippen LogP contribution in [0.15, 0.2) is 18.6 Å². The van der Waals surface area contributed by atoms with Crippen molar-refractivity contribution in [3.05, 3.63) is 24.3 Å². The summed E-state index contributed by atoms with van der Waals surface area (Å²) >= 11 is 0. The first-order chi connectivity index (χ1) is 6.57. The lowest BCUT2D eigenvalue weighted by Gasteiger charge is -1.89. The van der Waals surface area contributed by atoms with Gasteiger partial charge in [-0.2, -0.15) is 5.26 Å². The molecule has 0 saturated heterocycles. The van der Waals surface area contributed by atoms with Crippen molar-refractivity contribution in [2.45, 2.75) is 13.0 Å². The summed E-state index contributed by atoms with van der Waals surface area (Å²) in [5.41, 5.74) is 0.354. The molecule has 1 aromatic heterocycles. The summed E-state index contributed by atoms with van der Waals surface area (Å²) in [7, 11) is 0. The average Bonchev–Trinajstić information content (AvgIpc) is 2.20. The van der Waals surface area contributed by atoms with Crippen LogP contribution in [0, 0.1) is 11.3 Å². The maximum absolute atomic E-state index is 9.45. The van der Waals surface area contributed by atoms with Crippen LogP contribution in [0.1, 0.15) is 12.6 Å². The van der Waals surface area contributed by atoms with Crippen molar-refractivity contribution in [1.29, 1.82) is 5.26 Å². The van der Waals surface area contributed by atoms with Crippen molar-refractivity contribution in [3.63, 3.8) is 0 Å². The van der Waals surface area contributed by atoms with Crippen LogP contribution >= 0.6 is 0 Å². The van der Waals surface area contributed by atoms with E-state index < -0.39 is 12.1 Å². The maximum Gasteiger partial charge on any atom is 0.332 e. The predicted octanol–water partition coefficient (Wildman–Crippen LogP) is -1.02. The molecule has 0 radical (unpaired) electrons. The molecule has 7 nitrogen and oxygen atoms in total. The van der Waals surface area contributed by atoms with E-state index in [0.29, 0.717) is 5.69 Å². The lowest BCUT2D eigenvalue weighted by Crippen LogP contribution is -2.13. The van der Waals surface area contributed by atoms with E-state index in [9.17, 15) is 4.79 Å². The summed E-state index contributed by atoms with van der Waals surface area (Å²) in [5, 5.41) is 24.0. The first-order valence-electron chi connectivity index (χ1n) is 3.65. The summed E-state index contributed by atoms with van der Waals surface area (Å²) in [6.07, 6.45) is 3.20. The maximum atomic E-state index is 9.45. The second kappa shape index (κ2) is 8.55. The molecule has 0 aromatic carbocycles. The molecular formula is C8H11N3O4. The zero-order chi connectivity index (χ0) is 11.0. The summed E-state index contributed by atoms with van der Waals surface area (Å²) < 4.78 is 0. The number of carbonyl (C=O) groups is 1. The Hall–Kier alpha value is -2.04. The van der Waals surface area contributed by atoms with Gasteiger partial charge in [-0.25, -0.2) is 9.78 Å². The Kier molecular flexibility index (Phi) is 8.80. The molecule has 0 saturated carbocycles. The van der Waals surface area contributed by atoms with Crippen LogP contribution < -0.4 is 0 Å². The third kappa shape index (κ3) is 8.29. The van der Waals surface area contributed by atoms with Gasteiger partial charge in [-0.1, -0.05) is 0 Å². The fourth-order valence-electron chi connectivity index (χ4n) is 0.357. The van der Waals surface area contributed by atoms with E-state index in [2.05, 4.69) is 9.97 Å². The van der Waals surface area contributed by atoms with Gasteiger partial charge in [0.15, 0.2) is 5.69 Å². The molecular weight excluding hydrogens is 202 g/mol. The zero-order valence-electron chi connectivity index (χ0n) is 7.95. The van der Waals surface area contributed by atoms with Crippen LogP contribution in [0.5, 0.6) is 0 Å². The third-order valence-electron chi connectivity index (χ3n) is 1.04. The Labute approximate surface area is 86.0 Å². The molecule has 7 heteroatoms. The number of aliphatic hydroxyl groups is 1. The molecule has 0 aliphatic heterocycles. The molecule has 82 valence electrons. The van der Waals surface area contributed by atoms with Crippen LogP contribution in [0.2, 0.25) is 0 Å². The van der Waals surface area contributed by atoms with Crippen molar-refractivity contribution in [3.8, 4) is 6.07 Å². The highest BCUT2D eigenvalue weighted by molar-refractivity contribution is 5.71. The molecule has 4 N–H and O–H groups in total. The lowest BCUT2D eigenvalue weighted by molar-refractivity contribution is -0.145. The number of aliphatic carboxylic acids is 1. The number of hydrogen-bond donors (Lipinski definition) is 2. The lowest BCUT2D eigenvalue weighted by atomic mass is 10.4. The van der Waals surface area contributed by atoms with Gasteiger partial charge >= 0.3 is 5.97 Å². The minimum Gasteiger partial charge on any atom is -0.479 e. The Morgan fingerprint density at radius 1 is 1.60 bits per heavy atom. The van der Waals surface area contributed by atoms with Gasteiger partial charge in [0.1, 0.15) is 12.2 Å². The predicted molar refractivity (Wildman–Crippen MR) is 49.7 cm³/mol. The van der Waals surface area contributed by atoms with Gasteiger partial charge in [-0.05, 0) is 6.92 Å². The largest absolute Gasteiger partial charge is 0.479 e. The van der Waals surface area contributed by atoms with Gasteiger partial charge in [-0.15, -0.1) is 0 Å². The molecule has 0 aliphatic carbocycles. The van der Waals surface area contributed by atoms with Crippen LogP contribution in [-0.4, -0.2) is 37.7 Å². The normalized spacial score (nSPS) is 9.67. The second-order valence-corrected chi connectivity index (χ2v) is 2.22. The Bertz CT molecular complexity index is 320. The van der Waals surface area contributed by atoms with Gasteiger partial charge in [0, 0.05) is 12.4 Å². The summed E-state index contributed by atoms with van der Waals surface area (Å²) in [5.74, 6) is -1.19. The fourth-order valence-corrected chi connectivity index (χ4v) is 0.357. The van der Waals surface area contributed by atoms with Gasteiger partial charge in [-0.3, -0.25) is 4.98 Å². The summed E-state index contributed by atoms with van der Waals surface area (Å²) in [4.78, 5) is 16.8. The number of aliphatic hydroxyl groups excluding tert-OH is 1. The number of carboxylic acid groups (broad SMARTS) is 1. The molecule has 0 amide bonds. The fraction of sp³-hybridized carbons (Fsp3) is 0.250. The zero-order valence-corrected chi connectivity index (χ0v) is 7.95. The van der Waals surface area contributed by atoms with Crippen molar-refractivity contribution in [1.82, 2.24) is 9.97 Å². The molecule has 1 rings (SSSR count). The van der Waals surface area contributed by atoms with E-state index >= 15 is 0 Å². The van der Waals surface area contributed by atoms with Gasteiger partial charge in [0.05, 0.1) is 6.20 Å². The molecule has 0 aliphatic rings. The number of rotatable bonds is 1. The molecule has 0 unspecified atom stereocenters. The van der Waals surface area contributed by atoms with E-state index in [0.717, 1.165) is 0 Å². The first kappa shape index (κ1) is 15.4. The number of hydrogen-bond acceptors (Lipinski definition) is 5. The highest BCUT2D eigenvalue weighted by Gasteiger charge is 2.01. The van der Waals surface area contributed by atoms with Crippen molar-refractivity contribution in [2.75, 3.05) is 0 Å². The van der Waals surface area contributed by atoms with Crippen LogP contribution in [0.4, 0.5) is 0 Å². The van der Waals surface area contributed by atoms with Crippen LogP contribution in [-0.2, 0) is 4.79 Å². The molecule has 1 atom stereocenters. The van der Waals surface area contributed by atoms with E-state index in [-0.39, 0.29) is 5.48 Å². The molecule has 0 fully saturated rings.